The average molecular weight is 412 g/mol. The van der Waals surface area contributed by atoms with Crippen LogP contribution in [0.4, 0.5) is 21.9 Å². The van der Waals surface area contributed by atoms with Gasteiger partial charge in [-0.1, -0.05) is 0 Å². The third-order valence-corrected chi connectivity index (χ3v) is 4.27. The number of imide groups is 2. The van der Waals surface area contributed by atoms with E-state index in [1.165, 1.54) is 38.5 Å². The fourth-order valence-corrected chi connectivity index (χ4v) is 2.75. The predicted molar refractivity (Wildman–Crippen MR) is 105 cm³/mol. The van der Waals surface area contributed by atoms with Crippen LogP contribution < -0.4 is 19.7 Å². The fraction of sp³-hybridized carbons (Fsp3) is 0.158. The SMILES string of the molecule is COc1ccc(N2C(=O)NC(=O)[C@H](C=Nc3cc([N+](=O)[O-])ccc3OC)C2=O)cc1. The summed E-state index contributed by atoms with van der Waals surface area (Å²) in [5.41, 5.74) is 0.0507. The van der Waals surface area contributed by atoms with Crippen LogP contribution in [-0.2, 0) is 9.59 Å². The number of benzene rings is 2. The standard InChI is InChI=1S/C19H16N4O7/c1-29-13-6-3-11(4-7-13)22-18(25)14(17(24)21-19(22)26)10-20-15-9-12(23(27)28)5-8-16(15)30-2/h3-10,14H,1-2H3,(H,21,24,26)/t14-/m0/s1. The Morgan fingerprint density at radius 1 is 1.10 bits per heavy atom. The summed E-state index contributed by atoms with van der Waals surface area (Å²) in [7, 11) is 2.82. The van der Waals surface area contributed by atoms with Gasteiger partial charge in [0, 0.05) is 18.3 Å². The largest absolute Gasteiger partial charge is 0.497 e. The Balaban J connectivity index is 1.92. The number of nitro benzene ring substituents is 1. The minimum absolute atomic E-state index is 0.0557. The lowest BCUT2D eigenvalue weighted by atomic mass is 10.1. The Morgan fingerprint density at radius 2 is 1.80 bits per heavy atom. The Bertz CT molecular complexity index is 1050. The van der Waals surface area contributed by atoms with Crippen molar-refractivity contribution in [1.82, 2.24) is 5.32 Å². The highest BCUT2D eigenvalue weighted by Crippen LogP contribution is 2.31. The number of methoxy groups -OCH3 is 2. The van der Waals surface area contributed by atoms with E-state index >= 15 is 0 Å². The number of nitrogens with zero attached hydrogens (tertiary/aromatic N) is 3. The first-order chi connectivity index (χ1) is 14.3. The van der Waals surface area contributed by atoms with Crippen LogP contribution in [0.2, 0.25) is 0 Å². The summed E-state index contributed by atoms with van der Waals surface area (Å²) in [6.45, 7) is 0. The third kappa shape index (κ3) is 3.94. The van der Waals surface area contributed by atoms with Crippen molar-refractivity contribution < 1.29 is 28.8 Å². The molecule has 154 valence electrons. The molecule has 11 heteroatoms. The van der Waals surface area contributed by atoms with Gasteiger partial charge in [-0.2, -0.15) is 0 Å². The number of hydrogen-bond donors (Lipinski definition) is 1. The molecule has 1 aliphatic rings. The monoisotopic (exact) mass is 412 g/mol. The summed E-state index contributed by atoms with van der Waals surface area (Å²) in [4.78, 5) is 52.5. The molecule has 1 N–H and O–H groups in total. The van der Waals surface area contributed by atoms with Crippen molar-refractivity contribution in [2.75, 3.05) is 19.1 Å². The van der Waals surface area contributed by atoms with E-state index in [-0.39, 0.29) is 22.8 Å². The number of nitro groups is 1. The normalized spacial score (nSPS) is 16.5. The van der Waals surface area contributed by atoms with E-state index in [1.54, 1.807) is 12.1 Å². The summed E-state index contributed by atoms with van der Waals surface area (Å²) >= 11 is 0. The van der Waals surface area contributed by atoms with E-state index in [0.29, 0.717) is 5.75 Å². The highest BCUT2D eigenvalue weighted by atomic mass is 16.6. The number of nitrogens with one attached hydrogen (secondary N) is 1. The number of carbonyl (C=O) groups excluding carboxylic acids is 3. The molecule has 4 amide bonds. The Labute approximate surface area is 170 Å². The van der Waals surface area contributed by atoms with Crippen LogP contribution in [-0.4, -0.2) is 43.2 Å². The van der Waals surface area contributed by atoms with Gasteiger partial charge >= 0.3 is 6.03 Å². The molecule has 0 aromatic heterocycles. The molecule has 0 aliphatic carbocycles. The Morgan fingerprint density at radius 3 is 2.40 bits per heavy atom. The average Bonchev–Trinajstić information content (AvgIpc) is 2.73. The van der Waals surface area contributed by atoms with Gasteiger partial charge in [0.25, 0.3) is 11.6 Å². The highest BCUT2D eigenvalue weighted by Gasteiger charge is 2.40. The molecule has 0 bridgehead atoms. The van der Waals surface area contributed by atoms with E-state index in [1.807, 2.05) is 0 Å². The van der Waals surface area contributed by atoms with Crippen molar-refractivity contribution in [2.45, 2.75) is 0 Å². The number of non-ortho nitro benzene ring substituents is 1. The molecule has 0 spiro atoms. The molecule has 0 radical (unpaired) electrons. The van der Waals surface area contributed by atoms with Crippen molar-refractivity contribution in [3.05, 3.63) is 52.6 Å². The van der Waals surface area contributed by atoms with Crippen molar-refractivity contribution >= 4 is 41.1 Å². The molecule has 2 aromatic rings. The van der Waals surface area contributed by atoms with Gasteiger partial charge in [0.1, 0.15) is 17.2 Å². The first kappa shape index (κ1) is 20.5. The summed E-state index contributed by atoms with van der Waals surface area (Å²) in [6.07, 6.45) is 1.02. The van der Waals surface area contributed by atoms with E-state index in [4.69, 9.17) is 9.47 Å². The smallest absolute Gasteiger partial charge is 0.335 e. The molecular weight excluding hydrogens is 396 g/mol. The summed E-state index contributed by atoms with van der Waals surface area (Å²) in [5, 5.41) is 13.1. The first-order valence-electron chi connectivity index (χ1n) is 8.55. The quantitative estimate of drug-likeness (QED) is 0.332. The second kappa shape index (κ2) is 8.39. The minimum atomic E-state index is -1.42. The number of carbonyl (C=O) groups is 3. The number of urea groups is 1. The number of aliphatic imine (C=N–C) groups is 1. The third-order valence-electron chi connectivity index (χ3n) is 4.27. The van der Waals surface area contributed by atoms with E-state index in [9.17, 15) is 24.5 Å². The first-order valence-corrected chi connectivity index (χ1v) is 8.55. The van der Waals surface area contributed by atoms with Crippen molar-refractivity contribution in [3.8, 4) is 11.5 Å². The zero-order valence-corrected chi connectivity index (χ0v) is 15.9. The van der Waals surface area contributed by atoms with Crippen LogP contribution in [0.15, 0.2) is 47.5 Å². The van der Waals surface area contributed by atoms with Crippen LogP contribution >= 0.6 is 0 Å². The molecule has 0 unspecified atom stereocenters. The number of anilines is 1. The van der Waals surface area contributed by atoms with Gasteiger partial charge < -0.3 is 9.47 Å². The van der Waals surface area contributed by atoms with Crippen LogP contribution in [0.25, 0.3) is 0 Å². The lowest BCUT2D eigenvalue weighted by Gasteiger charge is -2.28. The zero-order chi connectivity index (χ0) is 21.8. The van der Waals surface area contributed by atoms with Gasteiger partial charge in [0.2, 0.25) is 5.91 Å². The maximum Gasteiger partial charge on any atom is 0.335 e. The molecule has 1 atom stereocenters. The van der Waals surface area contributed by atoms with Gasteiger partial charge in [-0.3, -0.25) is 30.0 Å². The van der Waals surface area contributed by atoms with Crippen LogP contribution in [0, 0.1) is 16.0 Å². The highest BCUT2D eigenvalue weighted by molar-refractivity contribution is 6.32. The number of barbiturate groups is 1. The van der Waals surface area contributed by atoms with Crippen LogP contribution in [0.1, 0.15) is 0 Å². The molecule has 1 heterocycles. The summed E-state index contributed by atoms with van der Waals surface area (Å²) in [6, 6.07) is 8.93. The molecule has 2 aromatic carbocycles. The number of hydrogen-bond acceptors (Lipinski definition) is 8. The molecule has 11 nitrogen and oxygen atoms in total. The van der Waals surface area contributed by atoms with E-state index in [2.05, 4.69) is 10.3 Å². The van der Waals surface area contributed by atoms with Gasteiger partial charge in [-0.25, -0.2) is 9.69 Å². The molecule has 30 heavy (non-hydrogen) atoms. The van der Waals surface area contributed by atoms with Gasteiger partial charge in [-0.05, 0) is 30.3 Å². The Hall–Kier alpha value is -4.28. The number of rotatable bonds is 6. The van der Waals surface area contributed by atoms with Crippen LogP contribution in [0.3, 0.4) is 0 Å². The Kier molecular flexibility index (Phi) is 5.72. The van der Waals surface area contributed by atoms with Crippen molar-refractivity contribution in [1.29, 1.82) is 0 Å². The zero-order valence-electron chi connectivity index (χ0n) is 15.9. The molecule has 1 saturated heterocycles. The summed E-state index contributed by atoms with van der Waals surface area (Å²) in [5.74, 6) is -2.36. The second-order valence-corrected chi connectivity index (χ2v) is 6.04. The molecule has 3 rings (SSSR count). The summed E-state index contributed by atoms with van der Waals surface area (Å²) < 4.78 is 10.1. The van der Waals surface area contributed by atoms with E-state index < -0.39 is 28.7 Å². The molecular formula is C19H16N4O7. The maximum atomic E-state index is 12.8. The van der Waals surface area contributed by atoms with Crippen LogP contribution in [0.5, 0.6) is 11.5 Å². The van der Waals surface area contributed by atoms with Gasteiger partial charge in [-0.15, -0.1) is 0 Å². The lowest BCUT2D eigenvalue weighted by Crippen LogP contribution is -2.58. The van der Waals surface area contributed by atoms with Gasteiger partial charge in [0.05, 0.1) is 24.8 Å². The fourth-order valence-electron chi connectivity index (χ4n) is 2.75. The van der Waals surface area contributed by atoms with Gasteiger partial charge in [0.15, 0.2) is 5.92 Å². The minimum Gasteiger partial charge on any atom is -0.497 e. The van der Waals surface area contributed by atoms with Crippen molar-refractivity contribution in [2.24, 2.45) is 10.9 Å². The van der Waals surface area contributed by atoms with E-state index in [0.717, 1.165) is 17.2 Å². The number of ether oxygens (including phenoxy) is 2. The molecule has 1 fully saturated rings. The molecule has 1 aliphatic heterocycles. The lowest BCUT2D eigenvalue weighted by molar-refractivity contribution is -0.384. The topological polar surface area (TPSA) is 140 Å². The predicted octanol–water partition coefficient (Wildman–Crippen LogP) is 2.21. The maximum absolute atomic E-state index is 12.8. The number of amides is 4. The molecule has 0 saturated carbocycles. The second-order valence-electron chi connectivity index (χ2n) is 6.04. The van der Waals surface area contributed by atoms with Crippen molar-refractivity contribution in [3.63, 3.8) is 0 Å².